The van der Waals surface area contributed by atoms with Crippen molar-refractivity contribution >= 4 is 0 Å². The molecule has 14 heavy (non-hydrogen) atoms. The summed E-state index contributed by atoms with van der Waals surface area (Å²) < 4.78 is 11.1. The molecule has 2 aliphatic heterocycles. The summed E-state index contributed by atoms with van der Waals surface area (Å²) in [5, 5.41) is 3.33. The maximum Gasteiger partial charge on any atom is 0.0912 e. The molecule has 2 aliphatic rings. The molecule has 0 spiro atoms. The van der Waals surface area contributed by atoms with E-state index in [0.29, 0.717) is 18.2 Å². The SMILES string of the molecule is CNC(C1=COCC1)C1CCC(C)O1. The zero-order valence-electron chi connectivity index (χ0n) is 8.95. The van der Waals surface area contributed by atoms with Gasteiger partial charge in [-0.1, -0.05) is 0 Å². The molecule has 0 aromatic rings. The van der Waals surface area contributed by atoms with E-state index in [1.54, 1.807) is 0 Å². The van der Waals surface area contributed by atoms with Crippen molar-refractivity contribution in [2.45, 2.75) is 44.4 Å². The van der Waals surface area contributed by atoms with E-state index in [1.807, 2.05) is 13.3 Å². The second-order valence-electron chi connectivity index (χ2n) is 4.14. The van der Waals surface area contributed by atoms with E-state index in [0.717, 1.165) is 19.4 Å². The van der Waals surface area contributed by atoms with Crippen molar-refractivity contribution in [3.8, 4) is 0 Å². The Labute approximate surface area is 85.5 Å². The van der Waals surface area contributed by atoms with Crippen molar-refractivity contribution in [3.63, 3.8) is 0 Å². The average Bonchev–Trinajstić information content (AvgIpc) is 2.79. The van der Waals surface area contributed by atoms with Crippen LogP contribution in [0.1, 0.15) is 26.2 Å². The zero-order valence-corrected chi connectivity index (χ0v) is 8.95. The molecule has 0 amide bonds. The summed E-state index contributed by atoms with van der Waals surface area (Å²) in [6.45, 7) is 2.97. The second-order valence-corrected chi connectivity index (χ2v) is 4.14. The first-order valence-electron chi connectivity index (χ1n) is 5.44. The van der Waals surface area contributed by atoms with E-state index in [2.05, 4.69) is 12.2 Å². The molecular weight excluding hydrogens is 178 g/mol. The lowest BCUT2D eigenvalue weighted by molar-refractivity contribution is 0.0407. The summed E-state index contributed by atoms with van der Waals surface area (Å²) >= 11 is 0. The number of hydrogen-bond acceptors (Lipinski definition) is 3. The molecule has 1 fully saturated rings. The van der Waals surface area contributed by atoms with Crippen LogP contribution in [0.25, 0.3) is 0 Å². The Kier molecular flexibility index (Phi) is 3.08. The van der Waals surface area contributed by atoms with E-state index in [1.165, 1.54) is 12.0 Å². The fourth-order valence-electron chi connectivity index (χ4n) is 2.32. The Morgan fingerprint density at radius 1 is 1.50 bits per heavy atom. The number of likely N-dealkylation sites (N-methyl/N-ethyl adjacent to an activating group) is 1. The van der Waals surface area contributed by atoms with Gasteiger partial charge in [0.05, 0.1) is 31.1 Å². The van der Waals surface area contributed by atoms with Gasteiger partial charge in [-0.3, -0.25) is 0 Å². The lowest BCUT2D eigenvalue weighted by atomic mass is 9.99. The maximum atomic E-state index is 5.87. The van der Waals surface area contributed by atoms with Gasteiger partial charge in [0.2, 0.25) is 0 Å². The molecule has 2 rings (SSSR count). The van der Waals surface area contributed by atoms with Crippen LogP contribution in [-0.2, 0) is 9.47 Å². The third kappa shape index (κ3) is 1.93. The molecule has 0 aromatic heterocycles. The summed E-state index contributed by atoms with van der Waals surface area (Å²) in [5.74, 6) is 0. The zero-order chi connectivity index (χ0) is 9.97. The Hall–Kier alpha value is -0.540. The van der Waals surface area contributed by atoms with Gasteiger partial charge in [-0.25, -0.2) is 0 Å². The largest absolute Gasteiger partial charge is 0.501 e. The van der Waals surface area contributed by atoms with Gasteiger partial charge >= 0.3 is 0 Å². The highest BCUT2D eigenvalue weighted by atomic mass is 16.5. The van der Waals surface area contributed by atoms with Crippen LogP contribution >= 0.6 is 0 Å². The van der Waals surface area contributed by atoms with Gasteiger partial charge in [0.25, 0.3) is 0 Å². The molecule has 0 radical (unpaired) electrons. The van der Waals surface area contributed by atoms with Crippen LogP contribution in [0.3, 0.4) is 0 Å². The van der Waals surface area contributed by atoms with Crippen LogP contribution in [0.4, 0.5) is 0 Å². The molecule has 0 saturated carbocycles. The molecule has 80 valence electrons. The van der Waals surface area contributed by atoms with Crippen LogP contribution in [-0.4, -0.2) is 31.9 Å². The van der Waals surface area contributed by atoms with Gasteiger partial charge in [-0.05, 0) is 32.4 Å². The molecule has 3 atom stereocenters. The summed E-state index contributed by atoms with van der Waals surface area (Å²) in [6, 6.07) is 0.349. The highest BCUT2D eigenvalue weighted by Gasteiger charge is 2.31. The van der Waals surface area contributed by atoms with Gasteiger partial charge in [0.1, 0.15) is 0 Å². The van der Waals surface area contributed by atoms with Gasteiger partial charge in [-0.15, -0.1) is 0 Å². The van der Waals surface area contributed by atoms with Crippen LogP contribution in [0.2, 0.25) is 0 Å². The summed E-state index contributed by atoms with van der Waals surface area (Å²) in [5.41, 5.74) is 1.35. The second kappa shape index (κ2) is 4.32. The van der Waals surface area contributed by atoms with E-state index in [4.69, 9.17) is 9.47 Å². The van der Waals surface area contributed by atoms with Crippen LogP contribution in [0, 0.1) is 0 Å². The topological polar surface area (TPSA) is 30.5 Å². The predicted molar refractivity (Wildman–Crippen MR) is 55.1 cm³/mol. The minimum atomic E-state index is 0.336. The monoisotopic (exact) mass is 197 g/mol. The van der Waals surface area contributed by atoms with Crippen molar-refractivity contribution in [1.29, 1.82) is 0 Å². The minimum absolute atomic E-state index is 0.336. The van der Waals surface area contributed by atoms with Crippen molar-refractivity contribution in [1.82, 2.24) is 5.32 Å². The molecule has 0 aromatic carbocycles. The van der Waals surface area contributed by atoms with Crippen molar-refractivity contribution in [2.24, 2.45) is 0 Å². The fraction of sp³-hybridized carbons (Fsp3) is 0.818. The van der Waals surface area contributed by atoms with Gasteiger partial charge in [0.15, 0.2) is 0 Å². The normalized spacial score (nSPS) is 34.0. The Morgan fingerprint density at radius 2 is 2.36 bits per heavy atom. The first-order chi connectivity index (χ1) is 6.81. The van der Waals surface area contributed by atoms with Gasteiger partial charge in [0, 0.05) is 6.42 Å². The summed E-state index contributed by atoms with van der Waals surface area (Å²) in [7, 11) is 2.00. The third-order valence-electron chi connectivity index (χ3n) is 3.09. The fourth-order valence-corrected chi connectivity index (χ4v) is 2.32. The molecule has 3 nitrogen and oxygen atoms in total. The maximum absolute atomic E-state index is 5.87. The summed E-state index contributed by atoms with van der Waals surface area (Å²) in [4.78, 5) is 0. The number of ether oxygens (including phenoxy) is 2. The van der Waals surface area contributed by atoms with E-state index < -0.39 is 0 Å². The highest BCUT2D eigenvalue weighted by molar-refractivity contribution is 5.14. The van der Waals surface area contributed by atoms with E-state index in [-0.39, 0.29) is 0 Å². The highest BCUT2D eigenvalue weighted by Crippen LogP contribution is 2.27. The predicted octanol–water partition coefficient (Wildman–Crippen LogP) is 1.45. The Morgan fingerprint density at radius 3 is 2.86 bits per heavy atom. The molecule has 3 unspecified atom stereocenters. The molecule has 3 heteroatoms. The minimum Gasteiger partial charge on any atom is -0.501 e. The van der Waals surface area contributed by atoms with Crippen molar-refractivity contribution < 1.29 is 9.47 Å². The first-order valence-corrected chi connectivity index (χ1v) is 5.44. The average molecular weight is 197 g/mol. The molecule has 0 aliphatic carbocycles. The van der Waals surface area contributed by atoms with Crippen molar-refractivity contribution in [3.05, 3.63) is 11.8 Å². The number of rotatable bonds is 3. The molecule has 0 bridgehead atoms. The molecular formula is C11H19NO2. The van der Waals surface area contributed by atoms with Crippen LogP contribution in [0.5, 0.6) is 0 Å². The smallest absolute Gasteiger partial charge is 0.0912 e. The molecule has 1 N–H and O–H groups in total. The quantitative estimate of drug-likeness (QED) is 0.742. The first kappa shape index (κ1) is 9.99. The Balaban J connectivity index is 1.98. The van der Waals surface area contributed by atoms with Crippen LogP contribution < -0.4 is 5.32 Å². The lowest BCUT2D eigenvalue weighted by Crippen LogP contribution is -2.39. The summed E-state index contributed by atoms with van der Waals surface area (Å²) in [6.07, 6.45) is 6.02. The Bertz CT molecular complexity index is 227. The van der Waals surface area contributed by atoms with E-state index >= 15 is 0 Å². The molecule has 2 heterocycles. The van der Waals surface area contributed by atoms with Crippen molar-refractivity contribution in [2.75, 3.05) is 13.7 Å². The van der Waals surface area contributed by atoms with Gasteiger partial charge in [-0.2, -0.15) is 0 Å². The third-order valence-corrected chi connectivity index (χ3v) is 3.09. The lowest BCUT2D eigenvalue weighted by Gasteiger charge is -2.23. The molecule has 1 saturated heterocycles. The van der Waals surface area contributed by atoms with Gasteiger partial charge < -0.3 is 14.8 Å². The standard InChI is InChI=1S/C11H19NO2/c1-8-3-4-10(14-8)11(12-2)9-5-6-13-7-9/h7-8,10-12H,3-6H2,1-2H3. The van der Waals surface area contributed by atoms with Crippen LogP contribution in [0.15, 0.2) is 11.8 Å². The number of nitrogens with one attached hydrogen (secondary N) is 1. The van der Waals surface area contributed by atoms with E-state index in [9.17, 15) is 0 Å². The number of hydrogen-bond donors (Lipinski definition) is 1.